The molecule has 1 unspecified atom stereocenters. The molecule has 88 valence electrons. The largest absolute Gasteiger partial charge is 0.346 e. The fourth-order valence-corrected chi connectivity index (χ4v) is 3.23. The number of piperidine rings is 1. The molecule has 1 saturated carbocycles. The molecular weight excluding hydrogens is 196 g/mol. The predicted octanol–water partition coefficient (Wildman–Crippen LogP) is 2.91. The van der Waals surface area contributed by atoms with E-state index in [4.69, 9.17) is 0 Å². The Morgan fingerprint density at radius 1 is 1.25 bits per heavy atom. The second-order valence-corrected chi connectivity index (χ2v) is 5.47. The minimum Gasteiger partial charge on any atom is -0.346 e. The highest BCUT2D eigenvalue weighted by Gasteiger charge is 2.28. The molecule has 2 heteroatoms. The van der Waals surface area contributed by atoms with Crippen molar-refractivity contribution in [3.63, 3.8) is 0 Å². The number of aryl methyl sites for hydroxylation is 1. The summed E-state index contributed by atoms with van der Waals surface area (Å²) in [5, 5.41) is 3.52. The molecule has 1 aromatic heterocycles. The van der Waals surface area contributed by atoms with Crippen molar-refractivity contribution in [3.8, 4) is 0 Å². The van der Waals surface area contributed by atoms with Gasteiger partial charge in [-0.05, 0) is 63.6 Å². The van der Waals surface area contributed by atoms with Gasteiger partial charge in [0.2, 0.25) is 0 Å². The average Bonchev–Trinajstić information content (AvgIpc) is 3.07. The van der Waals surface area contributed by atoms with E-state index in [1.165, 1.54) is 50.2 Å². The lowest BCUT2D eigenvalue weighted by molar-refractivity contribution is 0.459. The van der Waals surface area contributed by atoms with Gasteiger partial charge in [0.1, 0.15) is 0 Å². The maximum Gasteiger partial charge on any atom is 0.0337 e. The lowest BCUT2D eigenvalue weighted by Crippen LogP contribution is -2.28. The van der Waals surface area contributed by atoms with E-state index in [9.17, 15) is 0 Å². The summed E-state index contributed by atoms with van der Waals surface area (Å²) in [6.45, 7) is 6.97. The van der Waals surface area contributed by atoms with Crippen LogP contribution in [0, 0.1) is 13.8 Å². The van der Waals surface area contributed by atoms with E-state index < -0.39 is 0 Å². The van der Waals surface area contributed by atoms with Gasteiger partial charge in [-0.15, -0.1) is 0 Å². The van der Waals surface area contributed by atoms with E-state index in [1.54, 1.807) is 5.56 Å². The second-order valence-electron chi connectivity index (χ2n) is 5.47. The molecule has 0 bridgehead atoms. The molecule has 0 radical (unpaired) electrons. The van der Waals surface area contributed by atoms with Crippen LogP contribution in [-0.4, -0.2) is 17.7 Å². The maximum absolute atomic E-state index is 3.52. The maximum atomic E-state index is 3.52. The summed E-state index contributed by atoms with van der Waals surface area (Å²) in [4.78, 5) is 0. The summed E-state index contributed by atoms with van der Waals surface area (Å²) in [6, 6.07) is 3.26. The van der Waals surface area contributed by atoms with E-state index in [0.29, 0.717) is 0 Å². The van der Waals surface area contributed by atoms with Crippen molar-refractivity contribution in [2.75, 3.05) is 13.1 Å². The van der Waals surface area contributed by atoms with Crippen LogP contribution in [0.2, 0.25) is 0 Å². The van der Waals surface area contributed by atoms with Crippen LogP contribution in [0.15, 0.2) is 6.07 Å². The van der Waals surface area contributed by atoms with Crippen molar-refractivity contribution in [2.45, 2.75) is 51.5 Å². The van der Waals surface area contributed by atoms with Crippen molar-refractivity contribution in [2.24, 2.45) is 0 Å². The minimum absolute atomic E-state index is 0.757. The zero-order valence-electron chi connectivity index (χ0n) is 10.4. The van der Waals surface area contributed by atoms with Gasteiger partial charge < -0.3 is 9.88 Å². The standard InChI is InChI=1S/C14H22N2/c1-10-8-14(12-4-3-7-15-9-12)11(2)16(10)13-5-6-13/h8,12-13,15H,3-7,9H2,1-2H3. The Bertz CT molecular complexity index is 382. The fourth-order valence-electron chi connectivity index (χ4n) is 3.23. The monoisotopic (exact) mass is 218 g/mol. The SMILES string of the molecule is Cc1cc(C2CCCNC2)c(C)n1C1CC1. The highest BCUT2D eigenvalue weighted by Crippen LogP contribution is 2.40. The number of nitrogens with one attached hydrogen (secondary N) is 1. The average molecular weight is 218 g/mol. The van der Waals surface area contributed by atoms with Crippen LogP contribution in [0.4, 0.5) is 0 Å². The Hall–Kier alpha value is -0.760. The molecule has 1 aliphatic carbocycles. The smallest absolute Gasteiger partial charge is 0.0337 e. The molecule has 1 aromatic rings. The first-order valence-corrected chi connectivity index (χ1v) is 6.66. The van der Waals surface area contributed by atoms with Crippen LogP contribution in [0.3, 0.4) is 0 Å². The third kappa shape index (κ3) is 1.69. The fraction of sp³-hybridized carbons (Fsp3) is 0.714. The number of aromatic nitrogens is 1. The van der Waals surface area contributed by atoms with Crippen molar-refractivity contribution in [3.05, 3.63) is 23.0 Å². The summed E-state index contributed by atoms with van der Waals surface area (Å²) in [6.07, 6.45) is 5.47. The normalized spacial score (nSPS) is 26.0. The van der Waals surface area contributed by atoms with Crippen molar-refractivity contribution in [1.82, 2.24) is 9.88 Å². The van der Waals surface area contributed by atoms with Crippen LogP contribution in [0.1, 0.15) is 54.6 Å². The summed E-state index contributed by atoms with van der Waals surface area (Å²) in [5.41, 5.74) is 4.62. The van der Waals surface area contributed by atoms with Gasteiger partial charge in [-0.2, -0.15) is 0 Å². The zero-order valence-corrected chi connectivity index (χ0v) is 10.4. The molecule has 1 N–H and O–H groups in total. The molecule has 2 fully saturated rings. The van der Waals surface area contributed by atoms with Crippen molar-refractivity contribution < 1.29 is 0 Å². The van der Waals surface area contributed by atoms with Gasteiger partial charge in [0, 0.05) is 24.0 Å². The molecule has 2 nitrogen and oxygen atoms in total. The summed E-state index contributed by atoms with van der Waals surface area (Å²) < 4.78 is 2.57. The Labute approximate surface area is 98.0 Å². The molecule has 1 saturated heterocycles. The van der Waals surface area contributed by atoms with E-state index in [-0.39, 0.29) is 0 Å². The first-order chi connectivity index (χ1) is 7.77. The predicted molar refractivity (Wildman–Crippen MR) is 67.0 cm³/mol. The highest BCUT2D eigenvalue weighted by molar-refractivity contribution is 5.32. The second kappa shape index (κ2) is 3.92. The van der Waals surface area contributed by atoms with E-state index >= 15 is 0 Å². The molecule has 2 aliphatic rings. The number of hydrogen-bond acceptors (Lipinski definition) is 1. The molecular formula is C14H22N2. The Morgan fingerprint density at radius 2 is 2.06 bits per heavy atom. The van der Waals surface area contributed by atoms with Gasteiger partial charge in [-0.3, -0.25) is 0 Å². The summed E-state index contributed by atoms with van der Waals surface area (Å²) in [5.74, 6) is 0.757. The number of nitrogens with zero attached hydrogens (tertiary/aromatic N) is 1. The van der Waals surface area contributed by atoms with Crippen molar-refractivity contribution in [1.29, 1.82) is 0 Å². The third-order valence-electron chi connectivity index (χ3n) is 4.17. The molecule has 0 aromatic carbocycles. The van der Waals surface area contributed by atoms with Crippen LogP contribution >= 0.6 is 0 Å². The van der Waals surface area contributed by atoms with E-state index in [2.05, 4.69) is 29.8 Å². The first kappa shape index (κ1) is 10.4. The summed E-state index contributed by atoms with van der Waals surface area (Å²) >= 11 is 0. The van der Waals surface area contributed by atoms with Crippen LogP contribution < -0.4 is 5.32 Å². The number of hydrogen-bond donors (Lipinski definition) is 1. The van der Waals surface area contributed by atoms with E-state index in [1.807, 2.05) is 0 Å². The van der Waals surface area contributed by atoms with Crippen LogP contribution in [-0.2, 0) is 0 Å². The van der Waals surface area contributed by atoms with Gasteiger partial charge in [0.15, 0.2) is 0 Å². The quantitative estimate of drug-likeness (QED) is 0.807. The Balaban J connectivity index is 1.91. The lowest BCUT2D eigenvalue weighted by Gasteiger charge is -2.23. The van der Waals surface area contributed by atoms with Gasteiger partial charge in [0.05, 0.1) is 0 Å². The molecule has 0 amide bonds. The first-order valence-electron chi connectivity index (χ1n) is 6.66. The molecule has 0 spiro atoms. The molecule has 2 heterocycles. The van der Waals surface area contributed by atoms with E-state index in [0.717, 1.165) is 12.0 Å². The molecule has 1 aliphatic heterocycles. The molecule has 16 heavy (non-hydrogen) atoms. The zero-order chi connectivity index (χ0) is 11.1. The highest BCUT2D eigenvalue weighted by atomic mass is 15.1. The Kier molecular flexibility index (Phi) is 2.55. The van der Waals surface area contributed by atoms with Crippen LogP contribution in [0.5, 0.6) is 0 Å². The number of rotatable bonds is 2. The third-order valence-corrected chi connectivity index (χ3v) is 4.17. The van der Waals surface area contributed by atoms with Gasteiger partial charge in [-0.1, -0.05) is 0 Å². The topological polar surface area (TPSA) is 17.0 Å². The van der Waals surface area contributed by atoms with Gasteiger partial charge >= 0.3 is 0 Å². The summed E-state index contributed by atoms with van der Waals surface area (Å²) in [7, 11) is 0. The molecule has 1 atom stereocenters. The van der Waals surface area contributed by atoms with Gasteiger partial charge in [-0.25, -0.2) is 0 Å². The molecule has 3 rings (SSSR count). The lowest BCUT2D eigenvalue weighted by atomic mass is 9.92. The minimum atomic E-state index is 0.757. The Morgan fingerprint density at radius 3 is 2.69 bits per heavy atom. The van der Waals surface area contributed by atoms with Crippen molar-refractivity contribution >= 4 is 0 Å². The van der Waals surface area contributed by atoms with Gasteiger partial charge in [0.25, 0.3) is 0 Å². The van der Waals surface area contributed by atoms with Crippen LogP contribution in [0.25, 0.3) is 0 Å².